The summed E-state index contributed by atoms with van der Waals surface area (Å²) in [6.07, 6.45) is 1.88. The summed E-state index contributed by atoms with van der Waals surface area (Å²) in [6, 6.07) is 13.2. The van der Waals surface area contributed by atoms with E-state index in [0.717, 1.165) is 32.7 Å². The Morgan fingerprint density at radius 3 is 2.47 bits per heavy atom. The predicted molar refractivity (Wildman–Crippen MR) is 148 cm³/mol. The average molecular weight is 599 g/mol. The summed E-state index contributed by atoms with van der Waals surface area (Å²) in [6.45, 7) is 5.01. The Kier molecular flexibility index (Phi) is 7.84. The van der Waals surface area contributed by atoms with Gasteiger partial charge in [0.05, 0.1) is 44.7 Å². The first-order valence-electron chi connectivity index (χ1n) is 10.2. The molecule has 0 radical (unpaired) electrons. The van der Waals surface area contributed by atoms with E-state index >= 15 is 0 Å². The molecule has 0 saturated heterocycles. The smallest absolute Gasteiger partial charge is 0.176 e. The Bertz CT molecular complexity index is 1370. The van der Waals surface area contributed by atoms with Gasteiger partial charge in [-0.25, -0.2) is 0 Å². The van der Waals surface area contributed by atoms with Crippen LogP contribution in [0.15, 0.2) is 53.1 Å². The van der Waals surface area contributed by atoms with Crippen molar-refractivity contribution in [3.8, 4) is 0 Å². The van der Waals surface area contributed by atoms with Crippen LogP contribution in [0.2, 0.25) is 15.1 Å². The molecule has 0 aliphatic carbocycles. The van der Waals surface area contributed by atoms with Gasteiger partial charge in [-0.05, 0) is 71.3 Å². The highest BCUT2D eigenvalue weighted by Crippen LogP contribution is 2.26. The number of anilines is 2. The summed E-state index contributed by atoms with van der Waals surface area (Å²) in [5, 5.41) is 17.8. The van der Waals surface area contributed by atoms with Crippen LogP contribution in [0.25, 0.3) is 0 Å². The van der Waals surface area contributed by atoms with Crippen molar-refractivity contribution in [1.82, 2.24) is 19.6 Å². The molecule has 0 bridgehead atoms. The molecule has 34 heavy (non-hydrogen) atoms. The summed E-state index contributed by atoms with van der Waals surface area (Å²) < 4.78 is 4.48. The molecule has 2 heterocycles. The maximum atomic E-state index is 6.27. The third-order valence-corrected chi connectivity index (χ3v) is 7.07. The van der Waals surface area contributed by atoms with Gasteiger partial charge >= 0.3 is 0 Å². The van der Waals surface area contributed by atoms with Gasteiger partial charge in [-0.1, -0.05) is 59.1 Å². The van der Waals surface area contributed by atoms with E-state index < -0.39 is 0 Å². The molecule has 0 aliphatic heterocycles. The van der Waals surface area contributed by atoms with Gasteiger partial charge in [0.1, 0.15) is 0 Å². The maximum Gasteiger partial charge on any atom is 0.176 e. The van der Waals surface area contributed by atoms with Gasteiger partial charge in [0, 0.05) is 11.2 Å². The van der Waals surface area contributed by atoms with E-state index in [0.29, 0.717) is 39.1 Å². The second-order valence-corrected chi connectivity index (χ2v) is 10.1. The van der Waals surface area contributed by atoms with Gasteiger partial charge in [-0.15, -0.1) is 0 Å². The van der Waals surface area contributed by atoms with E-state index in [1.165, 1.54) is 0 Å². The minimum absolute atomic E-state index is 0.406. The fourth-order valence-corrected chi connectivity index (χ4v) is 4.59. The van der Waals surface area contributed by atoms with Gasteiger partial charge in [-0.2, -0.15) is 10.2 Å². The monoisotopic (exact) mass is 596 g/mol. The first-order chi connectivity index (χ1) is 16.2. The lowest BCUT2D eigenvalue weighted by atomic mass is 10.2. The summed E-state index contributed by atoms with van der Waals surface area (Å²) in [5.74, 6) is 0.600. The Labute approximate surface area is 226 Å². The van der Waals surface area contributed by atoms with Crippen molar-refractivity contribution in [1.29, 1.82) is 0 Å². The fourth-order valence-electron chi connectivity index (χ4n) is 3.46. The maximum absolute atomic E-state index is 6.27. The molecule has 11 heteroatoms. The van der Waals surface area contributed by atoms with Crippen LogP contribution in [0, 0.1) is 13.8 Å². The van der Waals surface area contributed by atoms with Crippen LogP contribution in [-0.2, 0) is 13.1 Å². The average Bonchev–Trinajstić information content (AvgIpc) is 3.25. The third-order valence-electron chi connectivity index (χ3n) is 5.18. The van der Waals surface area contributed by atoms with Gasteiger partial charge in [-0.3, -0.25) is 9.36 Å². The number of aromatic nitrogens is 4. The number of hydrogen-bond donors (Lipinski definition) is 2. The number of benzene rings is 2. The standard InChI is InChI=1S/C23H20BrCl3N6S/c1-13-21(14(2)33(30-13)10-15-7-8-19(26)20(27)9-15)28-23(34)29-22-17(24)12-32(31-22)11-16-5-3-4-6-18(16)25/h3-9,12H,10-11H2,1-2H3,(H2,28,29,31,34). The number of nitrogens with zero attached hydrogens (tertiary/aromatic N) is 4. The molecule has 2 aromatic heterocycles. The van der Waals surface area contributed by atoms with Crippen molar-refractivity contribution in [3.63, 3.8) is 0 Å². The Balaban J connectivity index is 1.45. The number of rotatable bonds is 6. The molecule has 6 nitrogen and oxygen atoms in total. The summed E-state index contributed by atoms with van der Waals surface area (Å²) in [7, 11) is 0. The van der Waals surface area contributed by atoms with Crippen molar-refractivity contribution in [3.05, 3.63) is 90.7 Å². The summed E-state index contributed by atoms with van der Waals surface area (Å²) in [5.41, 5.74) is 4.58. The minimum Gasteiger partial charge on any atom is -0.329 e. The molecule has 0 atom stereocenters. The SMILES string of the molecule is Cc1nn(Cc2ccc(Cl)c(Cl)c2)c(C)c1NC(=S)Nc1nn(Cc2ccccc2Cl)cc1Br. The topological polar surface area (TPSA) is 59.7 Å². The van der Waals surface area contributed by atoms with E-state index in [1.807, 2.05) is 61.1 Å². The zero-order valence-electron chi connectivity index (χ0n) is 18.2. The van der Waals surface area contributed by atoms with E-state index in [-0.39, 0.29) is 0 Å². The van der Waals surface area contributed by atoms with Crippen molar-refractivity contribution < 1.29 is 0 Å². The lowest BCUT2D eigenvalue weighted by Gasteiger charge is -2.10. The number of thiocarbonyl (C=S) groups is 1. The molecule has 4 aromatic rings. The molecule has 2 aromatic carbocycles. The van der Waals surface area contributed by atoms with Crippen LogP contribution in [-0.4, -0.2) is 24.7 Å². The van der Waals surface area contributed by atoms with E-state index in [9.17, 15) is 0 Å². The predicted octanol–water partition coefficient (Wildman–Crippen LogP) is 7.32. The third kappa shape index (κ3) is 5.75. The normalized spacial score (nSPS) is 11.0. The van der Waals surface area contributed by atoms with Gasteiger partial charge in [0.25, 0.3) is 0 Å². The van der Waals surface area contributed by atoms with Gasteiger partial charge < -0.3 is 10.6 Å². The largest absolute Gasteiger partial charge is 0.329 e. The van der Waals surface area contributed by atoms with Crippen molar-refractivity contribution in [2.24, 2.45) is 0 Å². The van der Waals surface area contributed by atoms with E-state index in [4.69, 9.17) is 47.0 Å². The molecular formula is C23H20BrCl3N6S. The molecule has 2 N–H and O–H groups in total. The lowest BCUT2D eigenvalue weighted by molar-refractivity contribution is 0.659. The molecule has 0 spiro atoms. The Morgan fingerprint density at radius 1 is 0.971 bits per heavy atom. The molecule has 0 aliphatic rings. The van der Waals surface area contributed by atoms with Crippen molar-refractivity contribution in [2.75, 3.05) is 10.6 Å². The Hall–Kier alpha value is -2.10. The number of hydrogen-bond acceptors (Lipinski definition) is 3. The van der Waals surface area contributed by atoms with Crippen LogP contribution in [0.1, 0.15) is 22.5 Å². The highest BCUT2D eigenvalue weighted by Gasteiger charge is 2.15. The second-order valence-electron chi connectivity index (χ2n) is 7.65. The zero-order chi connectivity index (χ0) is 24.4. The van der Waals surface area contributed by atoms with Crippen LogP contribution in [0.4, 0.5) is 11.5 Å². The number of nitrogens with one attached hydrogen (secondary N) is 2. The van der Waals surface area contributed by atoms with Crippen molar-refractivity contribution in [2.45, 2.75) is 26.9 Å². The zero-order valence-corrected chi connectivity index (χ0v) is 22.9. The molecular weight excluding hydrogens is 579 g/mol. The van der Waals surface area contributed by atoms with E-state index in [1.54, 1.807) is 10.7 Å². The Morgan fingerprint density at radius 2 is 1.74 bits per heavy atom. The first-order valence-corrected chi connectivity index (χ1v) is 12.6. The molecule has 4 rings (SSSR count). The molecule has 0 amide bonds. The van der Waals surface area contributed by atoms with Crippen molar-refractivity contribution >= 4 is 79.6 Å². The van der Waals surface area contributed by atoms with Crippen LogP contribution < -0.4 is 10.6 Å². The van der Waals surface area contributed by atoms with Gasteiger partial charge in [0.15, 0.2) is 10.9 Å². The highest BCUT2D eigenvalue weighted by molar-refractivity contribution is 9.10. The fraction of sp³-hybridized carbons (Fsp3) is 0.174. The quantitative estimate of drug-likeness (QED) is 0.228. The summed E-state index contributed by atoms with van der Waals surface area (Å²) >= 11 is 27.5. The number of aryl methyl sites for hydroxylation is 1. The minimum atomic E-state index is 0.406. The van der Waals surface area contributed by atoms with Gasteiger partial charge in [0.2, 0.25) is 0 Å². The first kappa shape index (κ1) is 25.0. The van der Waals surface area contributed by atoms with Crippen LogP contribution in [0.5, 0.6) is 0 Å². The summed E-state index contributed by atoms with van der Waals surface area (Å²) in [4.78, 5) is 0. The second kappa shape index (κ2) is 10.7. The lowest BCUT2D eigenvalue weighted by Crippen LogP contribution is -2.20. The number of halogens is 4. The molecule has 0 unspecified atom stereocenters. The molecule has 0 fully saturated rings. The van der Waals surface area contributed by atoms with E-state index in [2.05, 4.69) is 36.8 Å². The van der Waals surface area contributed by atoms with Crippen LogP contribution >= 0.6 is 63.0 Å². The highest BCUT2D eigenvalue weighted by atomic mass is 79.9. The molecule has 176 valence electrons. The molecule has 0 saturated carbocycles. The van der Waals surface area contributed by atoms with Crippen LogP contribution in [0.3, 0.4) is 0 Å².